The summed E-state index contributed by atoms with van der Waals surface area (Å²) in [4.78, 5) is 6.58. The van der Waals surface area contributed by atoms with Gasteiger partial charge in [-0.3, -0.25) is 4.90 Å². The first kappa shape index (κ1) is 9.68. The summed E-state index contributed by atoms with van der Waals surface area (Å²) in [5.41, 5.74) is 0. The fourth-order valence-corrected chi connectivity index (χ4v) is 1.67. The number of oxazole rings is 1. The van der Waals surface area contributed by atoms with Gasteiger partial charge in [0.2, 0.25) is 0 Å². The number of aryl methyl sites for hydroxylation is 1. The Morgan fingerprint density at radius 2 is 2.29 bits per heavy atom. The lowest BCUT2D eigenvalue weighted by atomic mass is 10.3. The average molecular weight is 195 g/mol. The average Bonchev–Trinajstić information content (AvgIpc) is 2.67. The maximum Gasteiger partial charge on any atom is 0.194 e. The zero-order valence-corrected chi connectivity index (χ0v) is 8.62. The fourth-order valence-electron chi connectivity index (χ4n) is 1.67. The fraction of sp³-hybridized carbons (Fsp3) is 0.700. The summed E-state index contributed by atoms with van der Waals surface area (Å²) in [6, 6.07) is 0. The van der Waals surface area contributed by atoms with Crippen molar-refractivity contribution in [3.8, 4) is 0 Å². The summed E-state index contributed by atoms with van der Waals surface area (Å²) in [5, 5.41) is 3.33. The van der Waals surface area contributed by atoms with Gasteiger partial charge in [0, 0.05) is 32.6 Å². The molecule has 78 valence electrons. The van der Waals surface area contributed by atoms with Gasteiger partial charge in [-0.05, 0) is 0 Å². The molecule has 1 aromatic heterocycles. The van der Waals surface area contributed by atoms with Gasteiger partial charge in [0.1, 0.15) is 5.76 Å². The van der Waals surface area contributed by atoms with Crippen molar-refractivity contribution >= 4 is 0 Å². The van der Waals surface area contributed by atoms with Gasteiger partial charge < -0.3 is 9.73 Å². The number of rotatable bonds is 3. The Kier molecular flexibility index (Phi) is 3.16. The van der Waals surface area contributed by atoms with Crippen LogP contribution in [-0.2, 0) is 13.0 Å². The molecule has 1 N–H and O–H groups in total. The van der Waals surface area contributed by atoms with Crippen LogP contribution in [0.15, 0.2) is 10.6 Å². The van der Waals surface area contributed by atoms with Crippen molar-refractivity contribution in [2.75, 3.05) is 26.2 Å². The lowest BCUT2D eigenvalue weighted by Crippen LogP contribution is -2.42. The molecule has 0 unspecified atom stereocenters. The van der Waals surface area contributed by atoms with Crippen molar-refractivity contribution < 1.29 is 4.42 Å². The molecule has 0 aromatic carbocycles. The molecular formula is C10H17N3O. The first-order valence-electron chi connectivity index (χ1n) is 5.25. The number of hydrogen-bond acceptors (Lipinski definition) is 4. The molecule has 0 bridgehead atoms. The van der Waals surface area contributed by atoms with Crippen molar-refractivity contribution in [1.29, 1.82) is 0 Å². The van der Waals surface area contributed by atoms with Crippen LogP contribution in [0.25, 0.3) is 0 Å². The van der Waals surface area contributed by atoms with E-state index in [0.717, 1.165) is 50.8 Å². The highest BCUT2D eigenvalue weighted by Gasteiger charge is 2.12. The summed E-state index contributed by atoms with van der Waals surface area (Å²) < 4.78 is 5.56. The normalized spacial score (nSPS) is 18.6. The summed E-state index contributed by atoms with van der Waals surface area (Å²) >= 11 is 0. The Labute approximate surface area is 84.3 Å². The molecule has 1 aromatic rings. The Bertz CT molecular complexity index is 279. The number of nitrogens with zero attached hydrogens (tertiary/aromatic N) is 2. The van der Waals surface area contributed by atoms with E-state index in [1.165, 1.54) is 0 Å². The zero-order valence-electron chi connectivity index (χ0n) is 8.62. The van der Waals surface area contributed by atoms with E-state index in [0.29, 0.717) is 0 Å². The summed E-state index contributed by atoms with van der Waals surface area (Å²) in [7, 11) is 0. The van der Waals surface area contributed by atoms with Crippen molar-refractivity contribution in [3.05, 3.63) is 17.8 Å². The Hall–Kier alpha value is -0.870. The van der Waals surface area contributed by atoms with E-state index >= 15 is 0 Å². The molecule has 0 aliphatic carbocycles. The van der Waals surface area contributed by atoms with Gasteiger partial charge in [-0.25, -0.2) is 4.98 Å². The van der Waals surface area contributed by atoms with Gasteiger partial charge in [0.25, 0.3) is 0 Å². The third-order valence-corrected chi connectivity index (χ3v) is 2.49. The molecule has 1 fully saturated rings. The highest BCUT2D eigenvalue weighted by molar-refractivity contribution is 4.94. The van der Waals surface area contributed by atoms with Gasteiger partial charge in [0.05, 0.1) is 12.7 Å². The van der Waals surface area contributed by atoms with Gasteiger partial charge >= 0.3 is 0 Å². The van der Waals surface area contributed by atoms with Gasteiger partial charge in [-0.1, -0.05) is 6.92 Å². The lowest BCUT2D eigenvalue weighted by molar-refractivity contribution is 0.214. The highest BCUT2D eigenvalue weighted by atomic mass is 16.4. The summed E-state index contributed by atoms with van der Waals surface area (Å²) in [5.74, 6) is 1.83. The molecule has 2 rings (SSSR count). The monoisotopic (exact) mass is 195 g/mol. The number of aromatic nitrogens is 1. The van der Waals surface area contributed by atoms with Crippen molar-refractivity contribution in [1.82, 2.24) is 15.2 Å². The zero-order chi connectivity index (χ0) is 9.80. The summed E-state index contributed by atoms with van der Waals surface area (Å²) in [6.45, 7) is 7.31. The predicted octanol–water partition coefficient (Wildman–Crippen LogP) is 0.642. The molecule has 0 radical (unpaired) electrons. The Morgan fingerprint density at radius 1 is 1.50 bits per heavy atom. The van der Waals surface area contributed by atoms with Crippen molar-refractivity contribution in [3.63, 3.8) is 0 Å². The van der Waals surface area contributed by atoms with E-state index in [1.807, 2.05) is 6.20 Å². The number of hydrogen-bond donors (Lipinski definition) is 1. The molecule has 1 saturated heterocycles. The quantitative estimate of drug-likeness (QED) is 0.768. The number of nitrogens with one attached hydrogen (secondary N) is 1. The predicted molar refractivity (Wildman–Crippen MR) is 54.0 cm³/mol. The molecular weight excluding hydrogens is 178 g/mol. The van der Waals surface area contributed by atoms with Crippen LogP contribution < -0.4 is 5.32 Å². The first-order valence-corrected chi connectivity index (χ1v) is 5.25. The van der Waals surface area contributed by atoms with Crippen molar-refractivity contribution in [2.45, 2.75) is 19.9 Å². The molecule has 0 saturated carbocycles. The summed E-state index contributed by atoms with van der Waals surface area (Å²) in [6.07, 6.45) is 2.72. The van der Waals surface area contributed by atoms with Crippen LogP contribution in [-0.4, -0.2) is 36.1 Å². The second-order valence-electron chi connectivity index (χ2n) is 3.60. The van der Waals surface area contributed by atoms with Crippen molar-refractivity contribution in [2.24, 2.45) is 0 Å². The Balaban J connectivity index is 1.89. The van der Waals surface area contributed by atoms with Crippen LogP contribution >= 0.6 is 0 Å². The Morgan fingerprint density at radius 3 is 2.93 bits per heavy atom. The van der Waals surface area contributed by atoms with Crippen LogP contribution in [0.4, 0.5) is 0 Å². The van der Waals surface area contributed by atoms with E-state index in [2.05, 4.69) is 22.1 Å². The van der Waals surface area contributed by atoms with Crippen LogP contribution in [0.2, 0.25) is 0 Å². The standard InChI is InChI=1S/C10H17N3O/c1-2-10-12-7-9(14-10)8-13-5-3-11-4-6-13/h7,11H,2-6,8H2,1H3. The number of piperazine rings is 1. The van der Waals surface area contributed by atoms with Gasteiger partial charge in [-0.2, -0.15) is 0 Å². The van der Waals surface area contributed by atoms with Crippen LogP contribution in [0.1, 0.15) is 18.6 Å². The largest absolute Gasteiger partial charge is 0.444 e. The molecule has 1 aliphatic rings. The maximum atomic E-state index is 5.56. The first-order chi connectivity index (χ1) is 6.88. The van der Waals surface area contributed by atoms with Gasteiger partial charge in [-0.15, -0.1) is 0 Å². The molecule has 4 nitrogen and oxygen atoms in total. The van der Waals surface area contributed by atoms with E-state index in [-0.39, 0.29) is 0 Å². The minimum Gasteiger partial charge on any atom is -0.444 e. The third-order valence-electron chi connectivity index (χ3n) is 2.49. The highest BCUT2D eigenvalue weighted by Crippen LogP contribution is 2.08. The minimum atomic E-state index is 0.843. The topological polar surface area (TPSA) is 41.3 Å². The van der Waals surface area contributed by atoms with Gasteiger partial charge in [0.15, 0.2) is 5.89 Å². The third kappa shape index (κ3) is 2.33. The van der Waals surface area contributed by atoms with E-state index in [9.17, 15) is 0 Å². The van der Waals surface area contributed by atoms with E-state index in [4.69, 9.17) is 4.42 Å². The van der Waals surface area contributed by atoms with E-state index < -0.39 is 0 Å². The van der Waals surface area contributed by atoms with Crippen LogP contribution in [0.3, 0.4) is 0 Å². The molecule has 0 amide bonds. The smallest absolute Gasteiger partial charge is 0.194 e. The SMILES string of the molecule is CCc1ncc(CN2CCNCC2)o1. The minimum absolute atomic E-state index is 0.843. The molecule has 14 heavy (non-hydrogen) atoms. The molecule has 0 spiro atoms. The molecule has 4 heteroatoms. The van der Waals surface area contributed by atoms with E-state index in [1.54, 1.807) is 0 Å². The molecule has 2 heterocycles. The van der Waals surface area contributed by atoms with Crippen LogP contribution in [0.5, 0.6) is 0 Å². The lowest BCUT2D eigenvalue weighted by Gasteiger charge is -2.25. The molecule has 0 atom stereocenters. The second-order valence-corrected chi connectivity index (χ2v) is 3.60. The van der Waals surface area contributed by atoms with Crippen LogP contribution in [0, 0.1) is 0 Å². The molecule has 1 aliphatic heterocycles. The maximum absolute atomic E-state index is 5.56. The second kappa shape index (κ2) is 4.57.